The Morgan fingerprint density at radius 2 is 2.06 bits per heavy atom. The van der Waals surface area contributed by atoms with Gasteiger partial charge < -0.3 is 10.4 Å². The van der Waals surface area contributed by atoms with Gasteiger partial charge in [0, 0.05) is 19.0 Å². The van der Waals surface area contributed by atoms with Gasteiger partial charge >= 0.3 is 0 Å². The summed E-state index contributed by atoms with van der Waals surface area (Å²) >= 11 is 3.38. The Kier molecular flexibility index (Phi) is 4.56. The summed E-state index contributed by atoms with van der Waals surface area (Å²) in [5, 5.41) is 13.7. The minimum Gasteiger partial charge on any atom is -0.388 e. The Morgan fingerprint density at radius 1 is 1.33 bits per heavy atom. The number of aliphatic hydroxyl groups is 1. The van der Waals surface area contributed by atoms with Crippen LogP contribution in [-0.2, 0) is 6.42 Å². The topological polar surface area (TPSA) is 58.0 Å². The largest absolute Gasteiger partial charge is 0.388 e. The third-order valence-electron chi connectivity index (χ3n) is 3.44. The molecule has 0 radical (unpaired) electrons. The summed E-state index contributed by atoms with van der Waals surface area (Å²) < 4.78 is 0.785. The Labute approximate surface area is 116 Å². The van der Waals surface area contributed by atoms with Gasteiger partial charge in [-0.15, -0.1) is 0 Å². The molecule has 0 bridgehead atoms. The molecule has 1 aromatic rings. The number of aryl methyl sites for hydroxylation is 1. The minimum absolute atomic E-state index is 0.567. The van der Waals surface area contributed by atoms with Crippen molar-refractivity contribution in [1.29, 1.82) is 0 Å². The number of anilines is 1. The van der Waals surface area contributed by atoms with E-state index in [-0.39, 0.29) is 0 Å². The van der Waals surface area contributed by atoms with Crippen LogP contribution in [0.1, 0.15) is 44.9 Å². The normalized spacial score (nSPS) is 18.6. The van der Waals surface area contributed by atoms with E-state index in [0.29, 0.717) is 6.54 Å². The lowest BCUT2D eigenvalue weighted by Gasteiger charge is -2.32. The van der Waals surface area contributed by atoms with Crippen molar-refractivity contribution >= 4 is 21.7 Å². The summed E-state index contributed by atoms with van der Waals surface area (Å²) in [6.07, 6.45) is 6.04. The van der Waals surface area contributed by atoms with Gasteiger partial charge in [-0.25, -0.2) is 9.97 Å². The third-order valence-corrected chi connectivity index (χ3v) is 3.85. The molecule has 1 aliphatic rings. The van der Waals surface area contributed by atoms with Gasteiger partial charge in [0.15, 0.2) is 0 Å². The van der Waals surface area contributed by atoms with Crippen molar-refractivity contribution < 1.29 is 5.11 Å². The molecule has 0 spiro atoms. The first kappa shape index (κ1) is 13.7. The molecule has 1 heterocycles. The first-order valence-corrected chi connectivity index (χ1v) is 7.40. The van der Waals surface area contributed by atoms with Crippen LogP contribution in [0.5, 0.6) is 0 Å². The van der Waals surface area contributed by atoms with Crippen LogP contribution in [0.4, 0.5) is 5.82 Å². The molecule has 1 fully saturated rings. The molecule has 1 aromatic heterocycles. The molecule has 1 aliphatic carbocycles. The Balaban J connectivity index is 1.98. The molecule has 100 valence electrons. The SMILES string of the molecule is CCc1nc(Br)cc(NCC2(O)CCCCC2)n1. The predicted molar refractivity (Wildman–Crippen MR) is 75.6 cm³/mol. The third kappa shape index (κ3) is 3.65. The van der Waals surface area contributed by atoms with Crippen LogP contribution in [0.15, 0.2) is 10.7 Å². The van der Waals surface area contributed by atoms with Gasteiger partial charge in [0.2, 0.25) is 0 Å². The van der Waals surface area contributed by atoms with Gasteiger partial charge in [0.05, 0.1) is 5.60 Å². The van der Waals surface area contributed by atoms with Crippen LogP contribution >= 0.6 is 15.9 Å². The molecule has 0 aromatic carbocycles. The summed E-state index contributed by atoms with van der Waals surface area (Å²) in [5.74, 6) is 1.59. The number of halogens is 1. The smallest absolute Gasteiger partial charge is 0.131 e. The standard InChI is InChI=1S/C13H20BrN3O/c1-2-11-16-10(14)8-12(17-11)15-9-13(18)6-4-3-5-7-13/h8,18H,2-7,9H2,1H3,(H,15,16,17). The number of hydrogen-bond acceptors (Lipinski definition) is 4. The maximum absolute atomic E-state index is 10.4. The van der Waals surface area contributed by atoms with Gasteiger partial charge in [0.1, 0.15) is 16.2 Å². The van der Waals surface area contributed by atoms with E-state index in [1.165, 1.54) is 6.42 Å². The molecule has 1 saturated carbocycles. The molecule has 0 amide bonds. The van der Waals surface area contributed by atoms with Crippen LogP contribution in [-0.4, -0.2) is 27.2 Å². The summed E-state index contributed by atoms with van der Waals surface area (Å²) in [7, 11) is 0. The summed E-state index contributed by atoms with van der Waals surface area (Å²) in [6, 6.07) is 1.85. The van der Waals surface area contributed by atoms with Crippen LogP contribution in [0.2, 0.25) is 0 Å². The highest BCUT2D eigenvalue weighted by Gasteiger charge is 2.28. The fraction of sp³-hybridized carbons (Fsp3) is 0.692. The monoisotopic (exact) mass is 313 g/mol. The summed E-state index contributed by atoms with van der Waals surface area (Å²) in [6.45, 7) is 2.60. The molecule has 0 saturated heterocycles. The van der Waals surface area contributed by atoms with Crippen LogP contribution in [0.3, 0.4) is 0 Å². The Morgan fingerprint density at radius 3 is 2.72 bits per heavy atom. The zero-order valence-electron chi connectivity index (χ0n) is 10.7. The van der Waals surface area contributed by atoms with Gasteiger partial charge in [-0.2, -0.15) is 0 Å². The quantitative estimate of drug-likeness (QED) is 0.839. The van der Waals surface area contributed by atoms with Crippen molar-refractivity contribution in [2.24, 2.45) is 0 Å². The molecule has 0 atom stereocenters. The second-order valence-corrected chi connectivity index (χ2v) is 5.80. The van der Waals surface area contributed by atoms with Crippen molar-refractivity contribution in [2.75, 3.05) is 11.9 Å². The van der Waals surface area contributed by atoms with Crippen molar-refractivity contribution in [1.82, 2.24) is 9.97 Å². The first-order chi connectivity index (χ1) is 8.61. The fourth-order valence-electron chi connectivity index (χ4n) is 2.36. The van der Waals surface area contributed by atoms with Crippen LogP contribution in [0, 0.1) is 0 Å². The lowest BCUT2D eigenvalue weighted by molar-refractivity contribution is 0.0166. The first-order valence-electron chi connectivity index (χ1n) is 6.61. The van der Waals surface area contributed by atoms with Crippen molar-refractivity contribution in [2.45, 2.75) is 51.0 Å². The average Bonchev–Trinajstić information content (AvgIpc) is 2.37. The maximum atomic E-state index is 10.4. The van der Waals surface area contributed by atoms with Gasteiger partial charge in [-0.3, -0.25) is 0 Å². The second-order valence-electron chi connectivity index (χ2n) is 4.98. The lowest BCUT2D eigenvalue weighted by Crippen LogP contribution is -2.39. The highest BCUT2D eigenvalue weighted by atomic mass is 79.9. The second kappa shape index (κ2) is 5.97. The Bertz CT molecular complexity index is 405. The number of rotatable bonds is 4. The zero-order chi connectivity index (χ0) is 13.0. The van der Waals surface area contributed by atoms with Gasteiger partial charge in [-0.05, 0) is 28.8 Å². The van der Waals surface area contributed by atoms with Crippen molar-refractivity contribution in [3.8, 4) is 0 Å². The average molecular weight is 314 g/mol. The number of aromatic nitrogens is 2. The molecule has 2 N–H and O–H groups in total. The van der Waals surface area contributed by atoms with E-state index in [9.17, 15) is 5.11 Å². The van der Waals surface area contributed by atoms with Crippen LogP contribution < -0.4 is 5.32 Å². The molecule has 5 heteroatoms. The van der Waals surface area contributed by atoms with E-state index in [1.54, 1.807) is 0 Å². The summed E-state index contributed by atoms with van der Waals surface area (Å²) in [4.78, 5) is 8.67. The van der Waals surface area contributed by atoms with Crippen LogP contribution in [0.25, 0.3) is 0 Å². The highest BCUT2D eigenvalue weighted by Crippen LogP contribution is 2.28. The van der Waals surface area contributed by atoms with E-state index in [1.807, 2.05) is 13.0 Å². The number of hydrogen-bond donors (Lipinski definition) is 2. The maximum Gasteiger partial charge on any atom is 0.131 e. The Hall–Kier alpha value is -0.680. The molecular weight excluding hydrogens is 294 g/mol. The van der Waals surface area contributed by atoms with Gasteiger partial charge in [0.25, 0.3) is 0 Å². The number of nitrogens with one attached hydrogen (secondary N) is 1. The minimum atomic E-state index is -0.567. The highest BCUT2D eigenvalue weighted by molar-refractivity contribution is 9.10. The molecule has 0 aliphatic heterocycles. The fourth-order valence-corrected chi connectivity index (χ4v) is 2.78. The van der Waals surface area contributed by atoms with Crippen molar-refractivity contribution in [3.63, 3.8) is 0 Å². The lowest BCUT2D eigenvalue weighted by atomic mass is 9.85. The van der Waals surface area contributed by atoms with E-state index in [0.717, 1.165) is 48.3 Å². The zero-order valence-corrected chi connectivity index (χ0v) is 12.3. The molecular formula is C13H20BrN3O. The predicted octanol–water partition coefficient (Wildman–Crippen LogP) is 2.91. The van der Waals surface area contributed by atoms with E-state index in [4.69, 9.17) is 0 Å². The molecule has 18 heavy (non-hydrogen) atoms. The molecule has 4 nitrogen and oxygen atoms in total. The van der Waals surface area contributed by atoms with E-state index < -0.39 is 5.60 Å². The summed E-state index contributed by atoms with van der Waals surface area (Å²) in [5.41, 5.74) is -0.567. The van der Waals surface area contributed by atoms with Crippen molar-refractivity contribution in [3.05, 3.63) is 16.5 Å². The molecule has 0 unspecified atom stereocenters. The van der Waals surface area contributed by atoms with Gasteiger partial charge in [-0.1, -0.05) is 26.2 Å². The molecule has 2 rings (SSSR count). The van der Waals surface area contributed by atoms with E-state index in [2.05, 4.69) is 31.2 Å². The number of nitrogens with zero attached hydrogens (tertiary/aromatic N) is 2. The van der Waals surface area contributed by atoms with E-state index >= 15 is 0 Å².